The molecular weight excluding hydrogens is 208 g/mol. The second-order valence-corrected chi connectivity index (χ2v) is 6.06. The highest BCUT2D eigenvalue weighted by Gasteiger charge is 2.23. The highest BCUT2D eigenvalue weighted by molar-refractivity contribution is 7.92. The Hall–Kier alpha value is -0.830. The van der Waals surface area contributed by atoms with Crippen molar-refractivity contribution in [1.29, 1.82) is 0 Å². The Bertz CT molecular complexity index is 421. The summed E-state index contributed by atoms with van der Waals surface area (Å²) in [7, 11) is -3.13. The Morgan fingerprint density at radius 3 is 2.33 bits per heavy atom. The van der Waals surface area contributed by atoms with Crippen LogP contribution in [0.3, 0.4) is 0 Å². The molecule has 1 rings (SSSR count). The lowest BCUT2D eigenvalue weighted by atomic mass is 10.2. The molecule has 3 heteroatoms. The van der Waals surface area contributed by atoms with Crippen LogP contribution in [0.4, 0.5) is 0 Å². The summed E-state index contributed by atoms with van der Waals surface area (Å²) in [6.07, 6.45) is 1.41. The first-order chi connectivity index (χ1) is 7.04. The molecule has 0 N–H and O–H groups in total. The summed E-state index contributed by atoms with van der Waals surface area (Å²) in [5.41, 5.74) is 0.915. The first-order valence-corrected chi connectivity index (χ1v) is 6.90. The van der Waals surface area contributed by atoms with Gasteiger partial charge in [0.2, 0.25) is 0 Å². The molecule has 1 aromatic rings. The van der Waals surface area contributed by atoms with Crippen LogP contribution >= 0.6 is 0 Å². The van der Waals surface area contributed by atoms with Gasteiger partial charge in [-0.1, -0.05) is 32.0 Å². The number of hydrogen-bond acceptors (Lipinski definition) is 2. The second kappa shape index (κ2) is 4.79. The average Bonchev–Trinajstić information content (AvgIpc) is 2.27. The Morgan fingerprint density at radius 2 is 1.80 bits per heavy atom. The van der Waals surface area contributed by atoms with Crippen molar-refractivity contribution in [2.75, 3.05) is 0 Å². The van der Waals surface area contributed by atoms with E-state index in [1.807, 2.05) is 26.0 Å². The van der Waals surface area contributed by atoms with E-state index in [2.05, 4.69) is 0 Å². The lowest BCUT2D eigenvalue weighted by Crippen LogP contribution is -2.18. The maximum Gasteiger partial charge on any atom is 0.181 e. The standard InChI is InChI=1S/C12H18O2S/c1-4-10(3)15(13,14)12-9-7-6-8-11(12)5-2/h6-10H,4-5H2,1-3H3. The Balaban J connectivity index is 3.27. The average molecular weight is 226 g/mol. The van der Waals surface area contributed by atoms with Crippen LogP contribution in [-0.4, -0.2) is 13.7 Å². The number of aryl methyl sites for hydroxylation is 1. The number of rotatable bonds is 4. The third-order valence-electron chi connectivity index (χ3n) is 2.76. The lowest BCUT2D eigenvalue weighted by Gasteiger charge is -2.13. The van der Waals surface area contributed by atoms with Gasteiger partial charge in [0.25, 0.3) is 0 Å². The molecule has 1 aromatic carbocycles. The minimum absolute atomic E-state index is 0.301. The predicted octanol–water partition coefficient (Wildman–Crippen LogP) is 2.82. The first-order valence-electron chi connectivity index (χ1n) is 5.35. The zero-order valence-corrected chi connectivity index (χ0v) is 10.3. The third-order valence-corrected chi connectivity index (χ3v) is 5.17. The Morgan fingerprint density at radius 1 is 1.20 bits per heavy atom. The van der Waals surface area contributed by atoms with E-state index in [-0.39, 0.29) is 5.25 Å². The molecule has 0 aromatic heterocycles. The van der Waals surface area contributed by atoms with Gasteiger partial charge in [-0.3, -0.25) is 0 Å². The molecule has 0 saturated heterocycles. The van der Waals surface area contributed by atoms with Gasteiger partial charge in [0.15, 0.2) is 9.84 Å². The van der Waals surface area contributed by atoms with E-state index in [4.69, 9.17) is 0 Å². The largest absolute Gasteiger partial charge is 0.223 e. The van der Waals surface area contributed by atoms with E-state index in [1.165, 1.54) is 0 Å². The topological polar surface area (TPSA) is 34.1 Å². The fourth-order valence-electron chi connectivity index (χ4n) is 1.51. The summed E-state index contributed by atoms with van der Waals surface area (Å²) in [5, 5.41) is -0.301. The molecule has 0 amide bonds. The maximum absolute atomic E-state index is 12.1. The summed E-state index contributed by atoms with van der Waals surface area (Å²) >= 11 is 0. The van der Waals surface area contributed by atoms with Crippen molar-refractivity contribution in [2.45, 2.75) is 43.8 Å². The molecule has 0 saturated carbocycles. The summed E-state index contributed by atoms with van der Waals surface area (Å²) in [5.74, 6) is 0. The normalized spacial score (nSPS) is 13.8. The quantitative estimate of drug-likeness (QED) is 0.791. The second-order valence-electron chi connectivity index (χ2n) is 3.73. The smallest absolute Gasteiger partial charge is 0.181 e. The zero-order chi connectivity index (χ0) is 11.5. The van der Waals surface area contributed by atoms with Gasteiger partial charge in [-0.2, -0.15) is 0 Å². The number of sulfone groups is 1. The first kappa shape index (κ1) is 12.2. The fraction of sp³-hybridized carbons (Fsp3) is 0.500. The summed E-state index contributed by atoms with van der Waals surface area (Å²) in [4.78, 5) is 0.502. The van der Waals surface area contributed by atoms with E-state index in [9.17, 15) is 8.42 Å². The van der Waals surface area contributed by atoms with Crippen molar-refractivity contribution < 1.29 is 8.42 Å². The van der Waals surface area contributed by atoms with E-state index < -0.39 is 9.84 Å². The van der Waals surface area contributed by atoms with Gasteiger partial charge in [0.1, 0.15) is 0 Å². The van der Waals surface area contributed by atoms with Gasteiger partial charge in [-0.05, 0) is 31.4 Å². The van der Waals surface area contributed by atoms with Crippen molar-refractivity contribution >= 4 is 9.84 Å². The van der Waals surface area contributed by atoms with Gasteiger partial charge in [0.05, 0.1) is 10.1 Å². The van der Waals surface area contributed by atoms with Crippen molar-refractivity contribution in [2.24, 2.45) is 0 Å². The Kier molecular flexibility index (Phi) is 3.91. The van der Waals surface area contributed by atoms with Crippen molar-refractivity contribution in [3.8, 4) is 0 Å². The van der Waals surface area contributed by atoms with Gasteiger partial charge in [0, 0.05) is 0 Å². The van der Waals surface area contributed by atoms with E-state index in [1.54, 1.807) is 19.1 Å². The van der Waals surface area contributed by atoms with Gasteiger partial charge in [-0.15, -0.1) is 0 Å². The van der Waals surface area contributed by atoms with Gasteiger partial charge in [-0.25, -0.2) is 8.42 Å². The maximum atomic E-state index is 12.1. The molecule has 0 aliphatic carbocycles. The molecule has 0 bridgehead atoms. The molecule has 2 nitrogen and oxygen atoms in total. The monoisotopic (exact) mass is 226 g/mol. The molecule has 0 radical (unpaired) electrons. The molecular formula is C12H18O2S. The van der Waals surface area contributed by atoms with E-state index >= 15 is 0 Å². The third kappa shape index (κ3) is 2.40. The lowest BCUT2D eigenvalue weighted by molar-refractivity contribution is 0.580. The number of benzene rings is 1. The molecule has 0 spiro atoms. The molecule has 0 aliphatic heterocycles. The van der Waals surface area contributed by atoms with Crippen molar-refractivity contribution in [3.63, 3.8) is 0 Å². The van der Waals surface area contributed by atoms with Crippen LogP contribution in [0.25, 0.3) is 0 Å². The van der Waals surface area contributed by atoms with Crippen LogP contribution in [-0.2, 0) is 16.3 Å². The molecule has 0 heterocycles. The Labute approximate surface area is 92.2 Å². The van der Waals surface area contributed by atoms with Crippen LogP contribution in [0, 0.1) is 0 Å². The molecule has 0 aliphatic rings. The summed E-state index contributed by atoms with van der Waals surface area (Å²) in [6, 6.07) is 7.26. The highest BCUT2D eigenvalue weighted by atomic mass is 32.2. The van der Waals surface area contributed by atoms with E-state index in [0.29, 0.717) is 11.3 Å². The van der Waals surface area contributed by atoms with Gasteiger partial charge < -0.3 is 0 Å². The molecule has 1 unspecified atom stereocenters. The molecule has 1 atom stereocenters. The van der Waals surface area contributed by atoms with Crippen molar-refractivity contribution in [3.05, 3.63) is 29.8 Å². The minimum atomic E-state index is -3.13. The molecule has 0 fully saturated rings. The summed E-state index contributed by atoms with van der Waals surface area (Å²) in [6.45, 7) is 5.64. The zero-order valence-electron chi connectivity index (χ0n) is 9.53. The SMILES string of the molecule is CCc1ccccc1S(=O)(=O)C(C)CC. The highest BCUT2D eigenvalue weighted by Crippen LogP contribution is 2.22. The van der Waals surface area contributed by atoms with Crippen LogP contribution in [0.5, 0.6) is 0 Å². The molecule has 15 heavy (non-hydrogen) atoms. The van der Waals surface area contributed by atoms with Crippen LogP contribution < -0.4 is 0 Å². The van der Waals surface area contributed by atoms with Crippen LogP contribution in [0.2, 0.25) is 0 Å². The van der Waals surface area contributed by atoms with Gasteiger partial charge >= 0.3 is 0 Å². The van der Waals surface area contributed by atoms with Crippen molar-refractivity contribution in [1.82, 2.24) is 0 Å². The fourth-order valence-corrected chi connectivity index (χ4v) is 3.23. The molecule has 84 valence electrons. The minimum Gasteiger partial charge on any atom is -0.223 e. The summed E-state index contributed by atoms with van der Waals surface area (Å²) < 4.78 is 24.3. The van der Waals surface area contributed by atoms with Crippen LogP contribution in [0.1, 0.15) is 32.8 Å². The van der Waals surface area contributed by atoms with Crippen LogP contribution in [0.15, 0.2) is 29.2 Å². The number of hydrogen-bond donors (Lipinski definition) is 0. The van der Waals surface area contributed by atoms with E-state index in [0.717, 1.165) is 12.0 Å². The predicted molar refractivity (Wildman–Crippen MR) is 62.8 cm³/mol.